The number of rotatable bonds is 3. The molecule has 0 aliphatic carbocycles. The minimum Gasteiger partial charge on any atom is -0.306 e. The van der Waals surface area contributed by atoms with Gasteiger partial charge in [-0.25, -0.2) is 10.4 Å². The van der Waals surface area contributed by atoms with E-state index in [1.807, 2.05) is 31.2 Å². The molecule has 1 aromatic heterocycles. The van der Waals surface area contributed by atoms with Crippen molar-refractivity contribution in [3.05, 3.63) is 40.5 Å². The minimum atomic E-state index is -0.148. The number of aromatic nitrogens is 1. The number of nitrogens with zero attached hydrogens (tertiary/aromatic N) is 2. The summed E-state index contributed by atoms with van der Waals surface area (Å²) in [6.45, 7) is 2.89. The fraction of sp³-hybridized carbons (Fsp3) is 0.312. The normalized spacial score (nSPS) is 18.2. The largest absolute Gasteiger partial charge is 0.306 e. The van der Waals surface area contributed by atoms with Crippen LogP contribution < -0.4 is 10.7 Å². The highest BCUT2D eigenvalue weighted by Crippen LogP contribution is 2.20. The lowest BCUT2D eigenvalue weighted by Crippen LogP contribution is -2.38. The van der Waals surface area contributed by atoms with E-state index >= 15 is 0 Å². The van der Waals surface area contributed by atoms with Gasteiger partial charge in [0.25, 0.3) is 5.91 Å². The number of amides is 1. The van der Waals surface area contributed by atoms with Crippen LogP contribution in [0.4, 0.5) is 0 Å². The maximum atomic E-state index is 11.8. The molecular weight excluding hydrogens is 300 g/mol. The van der Waals surface area contributed by atoms with Crippen molar-refractivity contribution < 1.29 is 4.79 Å². The van der Waals surface area contributed by atoms with Gasteiger partial charge >= 0.3 is 0 Å². The molecule has 5 nitrogen and oxygen atoms in total. The monoisotopic (exact) mass is 316 g/mol. The molecule has 1 saturated heterocycles. The van der Waals surface area contributed by atoms with Crippen LogP contribution in [0.15, 0.2) is 29.4 Å². The van der Waals surface area contributed by atoms with Crippen LogP contribution in [0, 0.1) is 6.92 Å². The highest BCUT2D eigenvalue weighted by Gasteiger charge is 2.21. The zero-order valence-corrected chi connectivity index (χ0v) is 13.0. The second kappa shape index (κ2) is 6.42. The van der Waals surface area contributed by atoms with Crippen LogP contribution in [0.3, 0.4) is 0 Å². The zero-order valence-electron chi connectivity index (χ0n) is 12.3. The van der Waals surface area contributed by atoms with Gasteiger partial charge in [0.1, 0.15) is 5.15 Å². The van der Waals surface area contributed by atoms with Gasteiger partial charge in [0.2, 0.25) is 0 Å². The highest BCUT2D eigenvalue weighted by molar-refractivity contribution is 6.32. The maximum absolute atomic E-state index is 11.8. The number of hydrazone groups is 1. The number of hydrogen-bond acceptors (Lipinski definition) is 4. The summed E-state index contributed by atoms with van der Waals surface area (Å²) in [5.41, 5.74) is 5.20. The van der Waals surface area contributed by atoms with E-state index in [2.05, 4.69) is 20.8 Å². The van der Waals surface area contributed by atoms with E-state index in [9.17, 15) is 4.79 Å². The number of carbonyl (C=O) groups excluding carboxylic acids is 1. The number of halogens is 1. The second-order valence-corrected chi connectivity index (χ2v) is 5.81. The van der Waals surface area contributed by atoms with Crippen LogP contribution in [0.1, 0.15) is 24.0 Å². The van der Waals surface area contributed by atoms with Crippen molar-refractivity contribution in [3.8, 4) is 0 Å². The first-order valence-electron chi connectivity index (χ1n) is 7.27. The lowest BCUT2D eigenvalue weighted by Gasteiger charge is -2.07. The Bertz CT molecular complexity index is 738. The molecule has 22 heavy (non-hydrogen) atoms. The van der Waals surface area contributed by atoms with E-state index < -0.39 is 0 Å². The molecule has 114 valence electrons. The Hall–Kier alpha value is -1.98. The zero-order chi connectivity index (χ0) is 15.5. The molecule has 1 aromatic carbocycles. The maximum Gasteiger partial charge on any atom is 0.257 e. The minimum absolute atomic E-state index is 0.116. The van der Waals surface area contributed by atoms with Crippen LogP contribution in [0.5, 0.6) is 0 Å². The Morgan fingerprint density at radius 2 is 2.36 bits per heavy atom. The van der Waals surface area contributed by atoms with Gasteiger partial charge < -0.3 is 5.32 Å². The molecule has 6 heteroatoms. The predicted octanol–water partition coefficient (Wildman–Crippen LogP) is 2.40. The predicted molar refractivity (Wildman–Crippen MR) is 88.3 cm³/mol. The van der Waals surface area contributed by atoms with Crippen LogP contribution in [0.2, 0.25) is 5.15 Å². The summed E-state index contributed by atoms with van der Waals surface area (Å²) in [5, 5.41) is 8.46. The molecule has 1 aliphatic rings. The van der Waals surface area contributed by atoms with Crippen LogP contribution in [0.25, 0.3) is 10.9 Å². The molecule has 0 radical (unpaired) electrons. The number of aryl methyl sites for hydroxylation is 1. The molecule has 0 spiro atoms. The summed E-state index contributed by atoms with van der Waals surface area (Å²) in [7, 11) is 0. The lowest BCUT2D eigenvalue weighted by atomic mass is 10.1. The van der Waals surface area contributed by atoms with Crippen molar-refractivity contribution in [1.82, 2.24) is 15.7 Å². The number of fused-ring (bicyclic) bond motifs is 1. The van der Waals surface area contributed by atoms with E-state index in [1.54, 1.807) is 0 Å². The average molecular weight is 317 g/mol. The summed E-state index contributed by atoms with van der Waals surface area (Å²) in [6, 6.07) is 7.76. The van der Waals surface area contributed by atoms with Gasteiger partial charge in [-0.1, -0.05) is 23.7 Å². The van der Waals surface area contributed by atoms with Gasteiger partial charge in [-0.05, 0) is 44.0 Å². The third-order valence-electron chi connectivity index (χ3n) is 3.71. The van der Waals surface area contributed by atoms with Gasteiger partial charge in [0.15, 0.2) is 0 Å². The summed E-state index contributed by atoms with van der Waals surface area (Å²) >= 11 is 6.17. The van der Waals surface area contributed by atoms with Crippen LogP contribution >= 0.6 is 11.6 Å². The molecule has 2 N–H and O–H groups in total. The molecule has 1 aliphatic heterocycles. The molecular formula is C16H17ClN4O. The number of pyridine rings is 1. The summed E-state index contributed by atoms with van der Waals surface area (Å²) in [4.78, 5) is 16.2. The molecule has 1 amide bonds. The first-order valence-corrected chi connectivity index (χ1v) is 7.64. The van der Waals surface area contributed by atoms with Gasteiger partial charge in [-0.3, -0.25) is 4.79 Å². The van der Waals surface area contributed by atoms with Crippen LogP contribution in [-0.2, 0) is 4.79 Å². The lowest BCUT2D eigenvalue weighted by molar-refractivity contribution is -0.122. The van der Waals surface area contributed by atoms with E-state index in [-0.39, 0.29) is 11.9 Å². The van der Waals surface area contributed by atoms with Crippen molar-refractivity contribution in [2.45, 2.75) is 25.8 Å². The standard InChI is InChI=1S/C16H17ClN4O/c1-10-4-5-11-8-12(15(17)20-14(11)7-10)9-19-21-16(22)13-3-2-6-18-13/h4-5,7-9,13,18H,2-3,6H2,1H3,(H,21,22)/b19-9-/t13-/m0/s1. The Morgan fingerprint density at radius 3 is 3.14 bits per heavy atom. The number of benzene rings is 1. The van der Waals surface area contributed by atoms with Gasteiger partial charge in [-0.2, -0.15) is 5.10 Å². The van der Waals surface area contributed by atoms with E-state index in [1.165, 1.54) is 6.21 Å². The van der Waals surface area contributed by atoms with E-state index in [0.717, 1.165) is 35.9 Å². The van der Waals surface area contributed by atoms with Crippen molar-refractivity contribution in [1.29, 1.82) is 0 Å². The van der Waals surface area contributed by atoms with E-state index in [0.29, 0.717) is 10.7 Å². The third-order valence-corrected chi connectivity index (χ3v) is 4.01. The summed E-state index contributed by atoms with van der Waals surface area (Å²) in [5.74, 6) is -0.116. The fourth-order valence-corrected chi connectivity index (χ4v) is 2.71. The highest BCUT2D eigenvalue weighted by atomic mass is 35.5. The average Bonchev–Trinajstić information content (AvgIpc) is 3.02. The molecule has 0 saturated carbocycles. The molecule has 1 fully saturated rings. The Balaban J connectivity index is 1.75. The molecule has 2 heterocycles. The molecule has 0 bridgehead atoms. The quantitative estimate of drug-likeness (QED) is 0.519. The van der Waals surface area contributed by atoms with Crippen molar-refractivity contribution in [2.75, 3.05) is 6.54 Å². The first kappa shape index (κ1) is 14.9. The number of hydrogen-bond donors (Lipinski definition) is 2. The van der Waals surface area contributed by atoms with E-state index in [4.69, 9.17) is 11.6 Å². The topological polar surface area (TPSA) is 66.4 Å². The SMILES string of the molecule is Cc1ccc2cc(/C=N\NC(=O)[C@@H]3CCCN3)c(Cl)nc2c1. The van der Waals surface area contributed by atoms with Gasteiger partial charge in [-0.15, -0.1) is 0 Å². The molecule has 0 unspecified atom stereocenters. The van der Waals surface area contributed by atoms with Crippen molar-refractivity contribution >= 4 is 34.6 Å². The van der Waals surface area contributed by atoms with Gasteiger partial charge in [0.05, 0.1) is 17.8 Å². The van der Waals surface area contributed by atoms with Gasteiger partial charge in [0, 0.05) is 10.9 Å². The summed E-state index contributed by atoms with van der Waals surface area (Å²) < 4.78 is 0. The number of nitrogens with one attached hydrogen (secondary N) is 2. The van der Waals surface area contributed by atoms with Crippen molar-refractivity contribution in [3.63, 3.8) is 0 Å². The Morgan fingerprint density at radius 1 is 1.50 bits per heavy atom. The second-order valence-electron chi connectivity index (χ2n) is 5.45. The Kier molecular flexibility index (Phi) is 4.36. The molecule has 2 aromatic rings. The third kappa shape index (κ3) is 3.26. The fourth-order valence-electron chi connectivity index (χ4n) is 2.51. The Labute approximate surface area is 133 Å². The number of carbonyl (C=O) groups is 1. The summed E-state index contributed by atoms with van der Waals surface area (Å²) in [6.07, 6.45) is 3.39. The van der Waals surface area contributed by atoms with Crippen molar-refractivity contribution in [2.24, 2.45) is 5.10 Å². The molecule has 3 rings (SSSR count). The van der Waals surface area contributed by atoms with Crippen LogP contribution in [-0.4, -0.2) is 29.7 Å². The first-order chi connectivity index (χ1) is 10.6. The molecule has 1 atom stereocenters. The smallest absolute Gasteiger partial charge is 0.257 e.